The zero-order valence-electron chi connectivity index (χ0n) is 9.79. The van der Waals surface area contributed by atoms with Crippen molar-refractivity contribution < 1.29 is 0 Å². The summed E-state index contributed by atoms with van der Waals surface area (Å²) in [5, 5.41) is 3.99. The third-order valence-corrected chi connectivity index (χ3v) is 2.83. The van der Waals surface area contributed by atoms with Crippen LogP contribution in [0.1, 0.15) is 24.4 Å². The lowest BCUT2D eigenvalue weighted by molar-refractivity contribution is 0.877. The molecule has 1 aromatic heterocycles. The number of benzene rings is 1. The number of aryl methyl sites for hydroxylation is 1. The molecule has 0 saturated heterocycles. The van der Waals surface area contributed by atoms with Crippen LogP contribution in [0.25, 0.3) is 0 Å². The predicted molar refractivity (Wildman–Crippen MR) is 71.2 cm³/mol. The van der Waals surface area contributed by atoms with Crippen molar-refractivity contribution in [2.24, 2.45) is 0 Å². The van der Waals surface area contributed by atoms with Crippen LogP contribution >= 0.6 is 11.6 Å². The fourth-order valence-electron chi connectivity index (χ4n) is 1.66. The van der Waals surface area contributed by atoms with Crippen molar-refractivity contribution >= 4 is 23.2 Å². The largest absolute Gasteiger partial charge is 0.382 e. The third kappa shape index (κ3) is 2.71. The zero-order chi connectivity index (χ0) is 12.4. The van der Waals surface area contributed by atoms with E-state index in [-0.39, 0.29) is 6.04 Å². The molecule has 1 unspecified atom stereocenters. The second-order valence-electron chi connectivity index (χ2n) is 4.00. The fraction of sp³-hybridized carbons (Fsp3) is 0.250. The average Bonchev–Trinajstić information content (AvgIpc) is 2.58. The quantitative estimate of drug-likeness (QED) is 0.784. The average molecular weight is 251 g/mol. The highest BCUT2D eigenvalue weighted by Gasteiger charge is 2.10. The summed E-state index contributed by atoms with van der Waals surface area (Å²) in [5.41, 5.74) is 6.92. The van der Waals surface area contributed by atoms with Crippen LogP contribution in [0.15, 0.2) is 24.3 Å². The molecule has 4 N–H and O–H groups in total. The van der Waals surface area contributed by atoms with Crippen LogP contribution in [0, 0.1) is 6.92 Å². The van der Waals surface area contributed by atoms with Crippen LogP contribution < -0.4 is 11.1 Å². The summed E-state index contributed by atoms with van der Waals surface area (Å²) < 4.78 is 0. The van der Waals surface area contributed by atoms with Crippen LogP contribution in [-0.2, 0) is 0 Å². The molecule has 2 rings (SSSR count). The number of H-pyrrole nitrogens is 1. The van der Waals surface area contributed by atoms with E-state index in [2.05, 4.69) is 15.3 Å². The molecule has 90 valence electrons. The number of hydrogen-bond acceptors (Lipinski definition) is 3. The van der Waals surface area contributed by atoms with E-state index in [1.165, 1.54) is 0 Å². The molecular weight excluding hydrogens is 236 g/mol. The van der Waals surface area contributed by atoms with Gasteiger partial charge in [0, 0.05) is 5.02 Å². The number of imidazole rings is 1. The maximum absolute atomic E-state index is 5.85. The van der Waals surface area contributed by atoms with Gasteiger partial charge in [-0.1, -0.05) is 23.7 Å². The highest BCUT2D eigenvalue weighted by Crippen LogP contribution is 2.23. The van der Waals surface area contributed by atoms with E-state index >= 15 is 0 Å². The first kappa shape index (κ1) is 11.8. The molecule has 17 heavy (non-hydrogen) atoms. The number of nitrogens with zero attached hydrogens (tertiary/aromatic N) is 1. The molecule has 0 aliphatic carbocycles. The minimum atomic E-state index is 0.122. The van der Waals surface area contributed by atoms with Crippen molar-refractivity contribution in [3.63, 3.8) is 0 Å². The summed E-state index contributed by atoms with van der Waals surface area (Å²) in [6.07, 6.45) is 0. The Morgan fingerprint density at radius 3 is 2.53 bits per heavy atom. The SMILES string of the molecule is Cc1nc(NC(C)c2ccc(Cl)cc2)c(N)[nH]1. The standard InChI is InChI=1S/C12H15ClN4/c1-7(9-3-5-10(13)6-4-9)15-12-11(14)16-8(2)17-12/h3-7,15H,14H2,1-2H3,(H,16,17). The summed E-state index contributed by atoms with van der Waals surface area (Å²) in [7, 11) is 0. The first-order valence-electron chi connectivity index (χ1n) is 5.40. The Morgan fingerprint density at radius 2 is 2.00 bits per heavy atom. The number of nitrogens with two attached hydrogens (primary N) is 1. The van der Waals surface area contributed by atoms with Gasteiger partial charge < -0.3 is 16.0 Å². The lowest BCUT2D eigenvalue weighted by Crippen LogP contribution is -2.08. The minimum absolute atomic E-state index is 0.122. The Bertz CT molecular complexity index is 504. The number of anilines is 2. The van der Waals surface area contributed by atoms with E-state index in [0.29, 0.717) is 11.6 Å². The molecule has 1 heterocycles. The molecule has 0 radical (unpaired) electrons. The van der Waals surface area contributed by atoms with Crippen LogP contribution in [0.4, 0.5) is 11.6 Å². The van der Waals surface area contributed by atoms with Crippen molar-refractivity contribution in [1.29, 1.82) is 0 Å². The van der Waals surface area contributed by atoms with Crippen molar-refractivity contribution in [2.45, 2.75) is 19.9 Å². The minimum Gasteiger partial charge on any atom is -0.382 e. The number of nitrogens with one attached hydrogen (secondary N) is 2. The lowest BCUT2D eigenvalue weighted by Gasteiger charge is -2.14. The number of nitrogen functional groups attached to an aromatic ring is 1. The molecule has 0 bridgehead atoms. The zero-order valence-corrected chi connectivity index (χ0v) is 10.5. The van der Waals surface area contributed by atoms with Crippen molar-refractivity contribution in [3.8, 4) is 0 Å². The Kier molecular flexibility index (Phi) is 3.24. The molecule has 5 heteroatoms. The summed E-state index contributed by atoms with van der Waals surface area (Å²) in [5.74, 6) is 2.04. The maximum Gasteiger partial charge on any atom is 0.169 e. The van der Waals surface area contributed by atoms with Crippen molar-refractivity contribution in [3.05, 3.63) is 40.7 Å². The van der Waals surface area contributed by atoms with Gasteiger partial charge in [-0.15, -0.1) is 0 Å². The predicted octanol–water partition coefficient (Wildman–Crippen LogP) is 3.13. The first-order valence-corrected chi connectivity index (χ1v) is 5.78. The number of aromatic nitrogens is 2. The molecule has 0 aliphatic rings. The first-order chi connectivity index (χ1) is 8.06. The van der Waals surface area contributed by atoms with Gasteiger partial charge in [-0.25, -0.2) is 4.98 Å². The molecule has 0 fully saturated rings. The van der Waals surface area contributed by atoms with Gasteiger partial charge in [-0.2, -0.15) is 0 Å². The summed E-state index contributed by atoms with van der Waals surface area (Å²) in [6, 6.07) is 7.82. The molecule has 0 spiro atoms. The van der Waals surface area contributed by atoms with Gasteiger partial charge in [0.2, 0.25) is 0 Å². The Hall–Kier alpha value is -1.68. The van der Waals surface area contributed by atoms with E-state index in [9.17, 15) is 0 Å². The van der Waals surface area contributed by atoms with Gasteiger partial charge >= 0.3 is 0 Å². The molecule has 0 aliphatic heterocycles. The van der Waals surface area contributed by atoms with E-state index in [1.807, 2.05) is 38.1 Å². The molecule has 2 aromatic rings. The van der Waals surface area contributed by atoms with E-state index in [1.54, 1.807) is 0 Å². The number of aromatic amines is 1. The summed E-state index contributed by atoms with van der Waals surface area (Å²) in [6.45, 7) is 3.92. The second kappa shape index (κ2) is 4.67. The van der Waals surface area contributed by atoms with Crippen LogP contribution in [0.5, 0.6) is 0 Å². The third-order valence-electron chi connectivity index (χ3n) is 2.57. The molecule has 0 saturated carbocycles. The Labute approximate surface area is 105 Å². The Balaban J connectivity index is 2.13. The van der Waals surface area contributed by atoms with Crippen molar-refractivity contribution in [1.82, 2.24) is 9.97 Å². The smallest absolute Gasteiger partial charge is 0.169 e. The van der Waals surface area contributed by atoms with Gasteiger partial charge in [0.25, 0.3) is 0 Å². The van der Waals surface area contributed by atoms with Gasteiger partial charge in [0.15, 0.2) is 5.82 Å². The molecule has 1 aromatic carbocycles. The van der Waals surface area contributed by atoms with Crippen LogP contribution in [0.2, 0.25) is 5.02 Å². The number of rotatable bonds is 3. The summed E-state index contributed by atoms with van der Waals surface area (Å²) >= 11 is 5.85. The van der Waals surface area contributed by atoms with Crippen LogP contribution in [0.3, 0.4) is 0 Å². The highest BCUT2D eigenvalue weighted by atomic mass is 35.5. The van der Waals surface area contributed by atoms with Crippen LogP contribution in [-0.4, -0.2) is 9.97 Å². The van der Waals surface area contributed by atoms with Gasteiger partial charge in [0.1, 0.15) is 11.6 Å². The number of halogens is 1. The Morgan fingerprint density at radius 1 is 1.35 bits per heavy atom. The van der Waals surface area contributed by atoms with E-state index in [0.717, 1.165) is 16.4 Å². The second-order valence-corrected chi connectivity index (χ2v) is 4.44. The van der Waals surface area contributed by atoms with E-state index < -0.39 is 0 Å². The van der Waals surface area contributed by atoms with E-state index in [4.69, 9.17) is 17.3 Å². The summed E-state index contributed by atoms with van der Waals surface area (Å²) in [4.78, 5) is 7.23. The monoisotopic (exact) mass is 250 g/mol. The van der Waals surface area contributed by atoms with Gasteiger partial charge in [-0.05, 0) is 31.5 Å². The highest BCUT2D eigenvalue weighted by molar-refractivity contribution is 6.30. The topological polar surface area (TPSA) is 66.7 Å². The lowest BCUT2D eigenvalue weighted by atomic mass is 10.1. The van der Waals surface area contributed by atoms with Crippen molar-refractivity contribution in [2.75, 3.05) is 11.1 Å². The number of hydrogen-bond donors (Lipinski definition) is 3. The van der Waals surface area contributed by atoms with Gasteiger partial charge in [-0.3, -0.25) is 0 Å². The molecular formula is C12H15ClN4. The molecule has 4 nitrogen and oxygen atoms in total. The normalized spacial score (nSPS) is 12.4. The van der Waals surface area contributed by atoms with Gasteiger partial charge in [0.05, 0.1) is 6.04 Å². The maximum atomic E-state index is 5.85. The fourth-order valence-corrected chi connectivity index (χ4v) is 1.79. The molecule has 1 atom stereocenters. The molecule has 0 amide bonds.